The minimum absolute atomic E-state index is 0.650. The molecule has 0 unspecified atom stereocenters. The van der Waals surface area contributed by atoms with Gasteiger partial charge in [0, 0.05) is 25.4 Å². The molecule has 102 valence electrons. The summed E-state index contributed by atoms with van der Waals surface area (Å²) in [5, 5.41) is 11.9. The molecule has 0 aliphatic rings. The van der Waals surface area contributed by atoms with Crippen LogP contribution in [-0.4, -0.2) is 24.5 Å². The van der Waals surface area contributed by atoms with E-state index < -0.39 is 0 Å². The highest BCUT2D eigenvalue weighted by molar-refractivity contribution is 5.30. The highest BCUT2D eigenvalue weighted by Crippen LogP contribution is 2.07. The predicted octanol–water partition coefficient (Wildman–Crippen LogP) is 1.29. The first-order chi connectivity index (χ1) is 9.81. The van der Waals surface area contributed by atoms with Crippen LogP contribution >= 0.6 is 0 Å². The second kappa shape index (κ2) is 5.66. The van der Waals surface area contributed by atoms with E-state index in [1.54, 1.807) is 11.0 Å². The lowest BCUT2D eigenvalue weighted by molar-refractivity contribution is 0.649. The monoisotopic (exact) mass is 268 g/mol. The summed E-state index contributed by atoms with van der Waals surface area (Å²) in [6.45, 7) is 1.39. The van der Waals surface area contributed by atoms with Gasteiger partial charge in [0.25, 0.3) is 0 Å². The lowest BCUT2D eigenvalue weighted by Crippen LogP contribution is -2.13. The molecule has 1 aromatic carbocycles. The summed E-state index contributed by atoms with van der Waals surface area (Å²) in [5.74, 6) is 0.794. The van der Waals surface area contributed by atoms with E-state index in [1.807, 2.05) is 54.5 Å². The molecule has 0 atom stereocenters. The Morgan fingerprint density at radius 1 is 1.15 bits per heavy atom. The summed E-state index contributed by atoms with van der Waals surface area (Å²) >= 11 is 0. The molecule has 1 N–H and O–H groups in total. The highest BCUT2D eigenvalue weighted by atomic mass is 15.3. The molecule has 6 heteroatoms. The number of aromatic nitrogens is 5. The van der Waals surface area contributed by atoms with E-state index in [0.29, 0.717) is 6.54 Å². The minimum Gasteiger partial charge on any atom is -0.306 e. The van der Waals surface area contributed by atoms with Crippen LogP contribution in [-0.2, 0) is 20.1 Å². The molecule has 0 aliphatic heterocycles. The summed E-state index contributed by atoms with van der Waals surface area (Å²) in [5.41, 5.74) is 2.19. The van der Waals surface area contributed by atoms with E-state index >= 15 is 0 Å². The van der Waals surface area contributed by atoms with E-state index in [0.717, 1.165) is 23.6 Å². The molecule has 2 aromatic heterocycles. The van der Waals surface area contributed by atoms with Crippen LogP contribution in [0.4, 0.5) is 0 Å². The first-order valence-corrected chi connectivity index (χ1v) is 6.45. The molecule has 20 heavy (non-hydrogen) atoms. The molecule has 0 saturated carbocycles. The van der Waals surface area contributed by atoms with Crippen molar-refractivity contribution in [3.63, 3.8) is 0 Å². The van der Waals surface area contributed by atoms with E-state index in [4.69, 9.17) is 0 Å². The molecule has 0 amide bonds. The van der Waals surface area contributed by atoms with E-state index in [-0.39, 0.29) is 0 Å². The third-order valence-electron chi connectivity index (χ3n) is 2.92. The molecule has 3 aromatic rings. The van der Waals surface area contributed by atoms with E-state index in [1.165, 1.54) is 0 Å². The van der Waals surface area contributed by atoms with Crippen LogP contribution in [0.2, 0.25) is 0 Å². The zero-order valence-electron chi connectivity index (χ0n) is 11.3. The molecular formula is C14H16N6. The van der Waals surface area contributed by atoms with Crippen LogP contribution in [0.15, 0.2) is 49.1 Å². The first-order valence-electron chi connectivity index (χ1n) is 6.45. The Balaban J connectivity index is 1.58. The molecule has 6 nitrogen and oxygen atoms in total. The molecule has 0 aliphatic carbocycles. The Morgan fingerprint density at radius 3 is 2.75 bits per heavy atom. The number of nitrogens with zero attached hydrogens (tertiary/aromatic N) is 5. The quantitative estimate of drug-likeness (QED) is 0.757. The van der Waals surface area contributed by atoms with Crippen molar-refractivity contribution in [1.82, 2.24) is 29.9 Å². The third kappa shape index (κ3) is 2.92. The van der Waals surface area contributed by atoms with Crippen LogP contribution in [0, 0.1) is 0 Å². The highest BCUT2D eigenvalue weighted by Gasteiger charge is 2.02. The molecule has 0 saturated heterocycles. The van der Waals surface area contributed by atoms with Crippen LogP contribution in [0.5, 0.6) is 0 Å². The smallest absolute Gasteiger partial charge is 0.164 e. The fourth-order valence-corrected chi connectivity index (χ4v) is 1.96. The summed E-state index contributed by atoms with van der Waals surface area (Å²) in [4.78, 5) is 4.17. The SMILES string of the molecule is Cn1cnc(CNCc2cnn(-c3ccccc3)c2)n1. The average Bonchev–Trinajstić information content (AvgIpc) is 3.09. The fraction of sp³-hybridized carbons (Fsp3) is 0.214. The van der Waals surface area contributed by atoms with Crippen LogP contribution in [0.3, 0.4) is 0 Å². The predicted molar refractivity (Wildman–Crippen MR) is 75.1 cm³/mol. The largest absolute Gasteiger partial charge is 0.306 e. The lowest BCUT2D eigenvalue weighted by Gasteiger charge is -2.00. The molecule has 3 rings (SSSR count). The Kier molecular flexibility index (Phi) is 3.56. The maximum Gasteiger partial charge on any atom is 0.164 e. The van der Waals surface area contributed by atoms with Gasteiger partial charge in [-0.25, -0.2) is 9.67 Å². The van der Waals surface area contributed by atoms with Gasteiger partial charge in [-0.2, -0.15) is 10.2 Å². The van der Waals surface area contributed by atoms with Gasteiger partial charge < -0.3 is 5.32 Å². The zero-order valence-corrected chi connectivity index (χ0v) is 11.3. The topological polar surface area (TPSA) is 60.6 Å². The molecule has 0 bridgehead atoms. The molecule has 0 spiro atoms. The Morgan fingerprint density at radius 2 is 2.00 bits per heavy atom. The first kappa shape index (κ1) is 12.6. The van der Waals surface area contributed by atoms with Crippen LogP contribution in [0.1, 0.15) is 11.4 Å². The Hall–Kier alpha value is -2.47. The standard InChI is InChI=1S/C14H16N6/c1-19-11-16-14(18-19)9-15-7-12-8-17-20(10-12)13-5-3-2-4-6-13/h2-6,8,10-11,15H,7,9H2,1H3. The summed E-state index contributed by atoms with van der Waals surface area (Å²) in [7, 11) is 1.86. The number of hydrogen-bond donors (Lipinski definition) is 1. The Bertz CT molecular complexity index is 670. The van der Waals surface area contributed by atoms with Crippen molar-refractivity contribution in [1.29, 1.82) is 0 Å². The minimum atomic E-state index is 0.650. The van der Waals surface area contributed by atoms with Gasteiger partial charge in [-0.15, -0.1) is 0 Å². The number of hydrogen-bond acceptors (Lipinski definition) is 4. The fourth-order valence-electron chi connectivity index (χ4n) is 1.96. The number of rotatable bonds is 5. The van der Waals surface area contributed by atoms with Crippen LogP contribution in [0.25, 0.3) is 5.69 Å². The maximum absolute atomic E-state index is 4.36. The van der Waals surface area contributed by atoms with Crippen molar-refractivity contribution in [2.24, 2.45) is 7.05 Å². The van der Waals surface area contributed by atoms with Gasteiger partial charge in [0.2, 0.25) is 0 Å². The second-order valence-corrected chi connectivity index (χ2v) is 4.57. The summed E-state index contributed by atoms with van der Waals surface area (Å²) < 4.78 is 3.57. The lowest BCUT2D eigenvalue weighted by atomic mass is 10.3. The van der Waals surface area contributed by atoms with Gasteiger partial charge in [-0.05, 0) is 12.1 Å². The van der Waals surface area contributed by atoms with Crippen molar-refractivity contribution in [3.05, 3.63) is 60.4 Å². The van der Waals surface area contributed by atoms with Crippen molar-refractivity contribution in [2.45, 2.75) is 13.1 Å². The van der Waals surface area contributed by atoms with Gasteiger partial charge >= 0.3 is 0 Å². The normalized spacial score (nSPS) is 10.8. The van der Waals surface area contributed by atoms with Crippen molar-refractivity contribution < 1.29 is 0 Å². The number of nitrogens with one attached hydrogen (secondary N) is 1. The van der Waals surface area contributed by atoms with E-state index in [2.05, 4.69) is 20.5 Å². The van der Waals surface area contributed by atoms with E-state index in [9.17, 15) is 0 Å². The van der Waals surface area contributed by atoms with Crippen molar-refractivity contribution in [2.75, 3.05) is 0 Å². The van der Waals surface area contributed by atoms with Gasteiger partial charge in [-0.1, -0.05) is 18.2 Å². The third-order valence-corrected chi connectivity index (χ3v) is 2.92. The average molecular weight is 268 g/mol. The number of aryl methyl sites for hydroxylation is 1. The zero-order chi connectivity index (χ0) is 13.8. The summed E-state index contributed by atoms with van der Waals surface area (Å²) in [6.07, 6.45) is 5.59. The van der Waals surface area contributed by atoms with Gasteiger partial charge in [0.15, 0.2) is 5.82 Å². The van der Waals surface area contributed by atoms with Crippen molar-refractivity contribution >= 4 is 0 Å². The second-order valence-electron chi connectivity index (χ2n) is 4.57. The molecular weight excluding hydrogens is 252 g/mol. The molecule has 0 radical (unpaired) electrons. The Labute approximate surface area is 117 Å². The van der Waals surface area contributed by atoms with Gasteiger partial charge in [-0.3, -0.25) is 4.68 Å². The van der Waals surface area contributed by atoms with Crippen molar-refractivity contribution in [3.8, 4) is 5.69 Å². The van der Waals surface area contributed by atoms with Gasteiger partial charge in [0.05, 0.1) is 18.4 Å². The maximum atomic E-state index is 4.36. The molecule has 0 fully saturated rings. The number of benzene rings is 1. The number of para-hydroxylation sites is 1. The molecule has 2 heterocycles. The van der Waals surface area contributed by atoms with Crippen LogP contribution < -0.4 is 5.32 Å². The summed E-state index contributed by atoms with van der Waals surface area (Å²) in [6, 6.07) is 10.1. The van der Waals surface area contributed by atoms with Gasteiger partial charge in [0.1, 0.15) is 6.33 Å².